The molecule has 0 spiro atoms. The van der Waals surface area contributed by atoms with E-state index in [0.717, 1.165) is 41.9 Å². The summed E-state index contributed by atoms with van der Waals surface area (Å²) < 4.78 is 5.92. The van der Waals surface area contributed by atoms with E-state index in [1.165, 1.54) is 0 Å². The number of hydrogen-bond acceptors (Lipinski definition) is 5. The van der Waals surface area contributed by atoms with Crippen molar-refractivity contribution in [3.8, 4) is 6.01 Å². The highest BCUT2D eigenvalue weighted by Gasteiger charge is 2.24. The molecule has 0 bridgehead atoms. The molecule has 2 aromatic heterocycles. The van der Waals surface area contributed by atoms with Gasteiger partial charge in [0.1, 0.15) is 6.10 Å². The number of carbonyl (C=O) groups excluding carboxylic acids is 1. The Kier molecular flexibility index (Phi) is 5.45. The molecule has 1 aliphatic carbocycles. The van der Waals surface area contributed by atoms with Crippen LogP contribution in [0.25, 0.3) is 0 Å². The van der Waals surface area contributed by atoms with Crippen molar-refractivity contribution in [3.05, 3.63) is 39.8 Å². The lowest BCUT2D eigenvalue weighted by Gasteiger charge is -2.29. The zero-order valence-corrected chi connectivity index (χ0v) is 14.9. The third kappa shape index (κ3) is 4.77. The number of ether oxygens (including phenoxy) is 1. The van der Waals surface area contributed by atoms with Crippen molar-refractivity contribution in [3.63, 3.8) is 0 Å². The second-order valence-corrected chi connectivity index (χ2v) is 7.38. The lowest BCUT2D eigenvalue weighted by Crippen LogP contribution is -2.40. The summed E-state index contributed by atoms with van der Waals surface area (Å²) in [5.74, 6) is 0.111. The number of amides is 1. The first kappa shape index (κ1) is 16.9. The molecule has 1 fully saturated rings. The topological polar surface area (TPSA) is 64.1 Å². The first-order chi connectivity index (χ1) is 11.6. The molecule has 24 heavy (non-hydrogen) atoms. The van der Waals surface area contributed by atoms with Crippen LogP contribution in [-0.4, -0.2) is 28.0 Å². The zero-order chi connectivity index (χ0) is 16.9. The summed E-state index contributed by atoms with van der Waals surface area (Å²) in [7, 11) is 0. The minimum absolute atomic E-state index is 0.111. The van der Waals surface area contributed by atoms with Crippen LogP contribution in [0.3, 0.4) is 0 Å². The van der Waals surface area contributed by atoms with Crippen molar-refractivity contribution in [2.75, 3.05) is 0 Å². The van der Waals surface area contributed by atoms with Crippen LogP contribution in [-0.2, 0) is 11.2 Å². The number of aromatic nitrogens is 2. The van der Waals surface area contributed by atoms with Crippen LogP contribution in [0, 0.1) is 13.8 Å². The van der Waals surface area contributed by atoms with E-state index >= 15 is 0 Å². The number of aryl methyl sites for hydroxylation is 2. The van der Waals surface area contributed by atoms with Crippen LogP contribution in [0.15, 0.2) is 23.6 Å². The maximum atomic E-state index is 12.1. The molecule has 0 saturated heterocycles. The molecule has 0 aromatic carbocycles. The minimum atomic E-state index is 0.111. The molecular weight excluding hydrogens is 322 g/mol. The van der Waals surface area contributed by atoms with Gasteiger partial charge in [0.25, 0.3) is 0 Å². The highest BCUT2D eigenvalue weighted by atomic mass is 32.1. The molecule has 5 nitrogen and oxygen atoms in total. The molecule has 6 heteroatoms. The predicted octanol–water partition coefficient (Wildman–Crippen LogP) is 3.20. The lowest BCUT2D eigenvalue weighted by atomic mass is 9.93. The van der Waals surface area contributed by atoms with Crippen molar-refractivity contribution < 1.29 is 9.53 Å². The molecule has 0 aliphatic heterocycles. The molecule has 0 atom stereocenters. The van der Waals surface area contributed by atoms with Crippen molar-refractivity contribution in [2.24, 2.45) is 0 Å². The molecule has 0 radical (unpaired) electrons. The van der Waals surface area contributed by atoms with Gasteiger partial charge in [0.15, 0.2) is 0 Å². The highest BCUT2D eigenvalue weighted by molar-refractivity contribution is 7.10. The summed E-state index contributed by atoms with van der Waals surface area (Å²) in [4.78, 5) is 21.8. The Morgan fingerprint density at radius 1 is 1.25 bits per heavy atom. The number of hydrogen-bond donors (Lipinski definition) is 1. The maximum Gasteiger partial charge on any atom is 0.317 e. The number of nitrogens with zero attached hydrogens (tertiary/aromatic N) is 2. The van der Waals surface area contributed by atoms with Crippen molar-refractivity contribution >= 4 is 17.2 Å². The Balaban J connectivity index is 1.44. The second kappa shape index (κ2) is 7.75. The monoisotopic (exact) mass is 345 g/mol. The van der Waals surface area contributed by atoms with Crippen LogP contribution in [0.5, 0.6) is 6.01 Å². The van der Waals surface area contributed by atoms with Crippen molar-refractivity contribution in [2.45, 2.75) is 58.1 Å². The summed E-state index contributed by atoms with van der Waals surface area (Å²) in [6.07, 6.45) is 4.32. The summed E-state index contributed by atoms with van der Waals surface area (Å²) in [5, 5.41) is 5.14. The van der Waals surface area contributed by atoms with Crippen LogP contribution in [0.1, 0.15) is 41.9 Å². The standard InChI is InChI=1S/C18H23N3O2S/c1-12-10-13(2)20-18(19-12)23-15-7-5-14(6-8-15)21-17(22)11-16-4-3-9-24-16/h3-4,9-10,14-15H,5-8,11H2,1-2H3,(H,21,22). The van der Waals surface area contributed by atoms with E-state index in [2.05, 4.69) is 15.3 Å². The SMILES string of the molecule is Cc1cc(C)nc(OC2CCC(NC(=O)Cc3cccs3)CC2)n1. The fourth-order valence-electron chi connectivity index (χ4n) is 3.07. The number of nitrogens with one attached hydrogen (secondary N) is 1. The minimum Gasteiger partial charge on any atom is -0.460 e. The largest absolute Gasteiger partial charge is 0.460 e. The smallest absolute Gasteiger partial charge is 0.317 e. The quantitative estimate of drug-likeness (QED) is 0.904. The third-order valence-corrected chi connectivity index (χ3v) is 5.06. The normalized spacial score (nSPS) is 20.6. The Morgan fingerprint density at radius 3 is 2.58 bits per heavy atom. The number of rotatable bonds is 5. The molecule has 3 rings (SSSR count). The van der Waals surface area contributed by atoms with E-state index in [9.17, 15) is 4.79 Å². The Bertz CT molecular complexity index is 659. The third-order valence-electron chi connectivity index (χ3n) is 4.19. The summed E-state index contributed by atoms with van der Waals surface area (Å²) >= 11 is 1.62. The van der Waals surface area contributed by atoms with E-state index in [0.29, 0.717) is 12.4 Å². The highest BCUT2D eigenvalue weighted by Crippen LogP contribution is 2.23. The van der Waals surface area contributed by atoms with Gasteiger partial charge in [-0.15, -0.1) is 11.3 Å². The van der Waals surface area contributed by atoms with E-state index in [4.69, 9.17) is 4.74 Å². The average Bonchev–Trinajstić information content (AvgIpc) is 3.01. The van der Waals surface area contributed by atoms with Crippen molar-refractivity contribution in [1.29, 1.82) is 0 Å². The molecular formula is C18H23N3O2S. The fraction of sp³-hybridized carbons (Fsp3) is 0.500. The van der Waals surface area contributed by atoms with Gasteiger partial charge in [0.05, 0.1) is 6.42 Å². The molecule has 2 heterocycles. The Morgan fingerprint density at radius 2 is 1.96 bits per heavy atom. The van der Waals surface area contributed by atoms with Crippen LogP contribution >= 0.6 is 11.3 Å². The van der Waals surface area contributed by atoms with Gasteiger partial charge in [0.2, 0.25) is 5.91 Å². The Labute approximate surface area is 146 Å². The molecule has 1 N–H and O–H groups in total. The van der Waals surface area contributed by atoms with Gasteiger partial charge in [-0.25, -0.2) is 9.97 Å². The van der Waals surface area contributed by atoms with Crippen LogP contribution in [0.2, 0.25) is 0 Å². The fourth-order valence-corrected chi connectivity index (χ4v) is 3.77. The van der Waals surface area contributed by atoms with Gasteiger partial charge >= 0.3 is 6.01 Å². The van der Waals surface area contributed by atoms with Crippen LogP contribution < -0.4 is 10.1 Å². The Hall–Kier alpha value is -1.95. The summed E-state index contributed by atoms with van der Waals surface area (Å²) in [6.45, 7) is 3.89. The zero-order valence-electron chi connectivity index (χ0n) is 14.1. The maximum absolute atomic E-state index is 12.1. The van der Waals surface area contributed by atoms with E-state index < -0.39 is 0 Å². The first-order valence-electron chi connectivity index (χ1n) is 8.39. The van der Waals surface area contributed by atoms with Gasteiger partial charge in [-0.1, -0.05) is 6.07 Å². The molecule has 2 aromatic rings. The lowest BCUT2D eigenvalue weighted by molar-refractivity contribution is -0.121. The van der Waals surface area contributed by atoms with Gasteiger partial charge < -0.3 is 10.1 Å². The van der Waals surface area contributed by atoms with E-state index in [1.807, 2.05) is 37.4 Å². The first-order valence-corrected chi connectivity index (χ1v) is 9.27. The molecule has 1 aliphatic rings. The van der Waals surface area contributed by atoms with Gasteiger partial charge in [-0.2, -0.15) is 0 Å². The number of thiophene rings is 1. The number of carbonyl (C=O) groups is 1. The van der Waals surface area contributed by atoms with E-state index in [1.54, 1.807) is 11.3 Å². The average molecular weight is 345 g/mol. The summed E-state index contributed by atoms with van der Waals surface area (Å²) in [6, 6.07) is 6.63. The molecule has 0 unspecified atom stereocenters. The second-order valence-electron chi connectivity index (χ2n) is 6.35. The van der Waals surface area contributed by atoms with Gasteiger partial charge in [-0.3, -0.25) is 4.79 Å². The molecule has 128 valence electrons. The van der Waals surface area contributed by atoms with E-state index in [-0.39, 0.29) is 18.1 Å². The summed E-state index contributed by atoms with van der Waals surface area (Å²) in [5.41, 5.74) is 1.85. The van der Waals surface area contributed by atoms with Gasteiger partial charge in [0, 0.05) is 22.3 Å². The molecule has 1 amide bonds. The van der Waals surface area contributed by atoms with Crippen LogP contribution in [0.4, 0.5) is 0 Å². The van der Waals surface area contributed by atoms with Crippen molar-refractivity contribution in [1.82, 2.24) is 15.3 Å². The van der Waals surface area contributed by atoms with Gasteiger partial charge in [-0.05, 0) is 57.0 Å². The predicted molar refractivity (Wildman–Crippen MR) is 94.3 cm³/mol. The molecule has 1 saturated carbocycles.